The monoisotopic (exact) mass is 310 g/mol. The van der Waals surface area contributed by atoms with Crippen molar-refractivity contribution >= 4 is 5.91 Å². The molecular weight excluding hydrogens is 288 g/mol. The normalized spacial score (nSPS) is 18.5. The third kappa shape index (κ3) is 4.17. The molecular formula is C19H22N2O2. The average molecular weight is 310 g/mol. The molecule has 1 saturated heterocycles. The van der Waals surface area contributed by atoms with Gasteiger partial charge in [-0.05, 0) is 37.0 Å². The number of amides is 1. The molecule has 2 aromatic rings. The van der Waals surface area contributed by atoms with Crippen molar-refractivity contribution in [2.24, 2.45) is 0 Å². The van der Waals surface area contributed by atoms with Crippen LogP contribution in [0.3, 0.4) is 0 Å². The summed E-state index contributed by atoms with van der Waals surface area (Å²) in [6, 6.07) is 14.0. The lowest BCUT2D eigenvalue weighted by atomic mass is 10.1. The quantitative estimate of drug-likeness (QED) is 0.948. The molecule has 0 saturated carbocycles. The highest BCUT2D eigenvalue weighted by atomic mass is 16.3. The van der Waals surface area contributed by atoms with Crippen LogP contribution in [0.25, 0.3) is 0 Å². The zero-order chi connectivity index (χ0) is 16.1. The summed E-state index contributed by atoms with van der Waals surface area (Å²) in [5.41, 5.74) is 2.79. The number of aliphatic hydroxyl groups excluding tert-OH is 1. The number of rotatable bonds is 3. The molecule has 1 aliphatic heterocycles. The molecule has 1 N–H and O–H groups in total. The van der Waals surface area contributed by atoms with Gasteiger partial charge in [0.15, 0.2) is 0 Å². The lowest BCUT2D eigenvalue weighted by molar-refractivity contribution is 0.0752. The number of nitrogens with zero attached hydrogens (tertiary/aromatic N) is 2. The van der Waals surface area contributed by atoms with E-state index in [4.69, 9.17) is 0 Å². The van der Waals surface area contributed by atoms with E-state index in [0.29, 0.717) is 25.1 Å². The zero-order valence-corrected chi connectivity index (χ0v) is 13.2. The fourth-order valence-corrected chi connectivity index (χ4v) is 2.93. The first-order chi connectivity index (χ1) is 11.2. The predicted octanol–water partition coefficient (Wildman–Crippen LogP) is 2.66. The van der Waals surface area contributed by atoms with Gasteiger partial charge < -0.3 is 10.0 Å². The number of hydrogen-bond donors (Lipinski definition) is 1. The third-order valence-corrected chi connectivity index (χ3v) is 4.28. The second-order valence-corrected chi connectivity index (χ2v) is 6.08. The average Bonchev–Trinajstić information content (AvgIpc) is 2.80. The lowest BCUT2D eigenvalue weighted by Crippen LogP contribution is -2.32. The number of likely N-dealkylation sites (tertiary alicyclic amines) is 1. The summed E-state index contributed by atoms with van der Waals surface area (Å²) < 4.78 is 0. The van der Waals surface area contributed by atoms with E-state index in [1.807, 2.05) is 35.2 Å². The highest BCUT2D eigenvalue weighted by Gasteiger charge is 2.20. The molecule has 120 valence electrons. The first-order valence-corrected chi connectivity index (χ1v) is 8.18. The molecule has 0 bridgehead atoms. The molecule has 0 aliphatic carbocycles. The Balaban J connectivity index is 1.65. The molecule has 1 fully saturated rings. The maximum atomic E-state index is 12.5. The topological polar surface area (TPSA) is 53.4 Å². The van der Waals surface area contributed by atoms with Crippen molar-refractivity contribution in [3.8, 4) is 0 Å². The molecule has 1 amide bonds. The van der Waals surface area contributed by atoms with Gasteiger partial charge >= 0.3 is 0 Å². The van der Waals surface area contributed by atoms with Gasteiger partial charge in [-0.15, -0.1) is 0 Å². The molecule has 3 rings (SSSR count). The SMILES string of the molecule is O=C(c1ccc(Cc2ccccc2)nc1)N1CCCC(O)CC1. The number of hydrogen-bond acceptors (Lipinski definition) is 3. The second-order valence-electron chi connectivity index (χ2n) is 6.08. The molecule has 23 heavy (non-hydrogen) atoms. The van der Waals surface area contributed by atoms with E-state index in [2.05, 4.69) is 17.1 Å². The minimum atomic E-state index is -0.279. The first-order valence-electron chi connectivity index (χ1n) is 8.18. The smallest absolute Gasteiger partial charge is 0.255 e. The zero-order valence-electron chi connectivity index (χ0n) is 13.2. The number of aromatic nitrogens is 1. The second kappa shape index (κ2) is 7.38. The summed E-state index contributed by atoms with van der Waals surface area (Å²) in [6.45, 7) is 1.33. The van der Waals surface area contributed by atoms with Crippen LogP contribution in [0, 0.1) is 0 Å². The summed E-state index contributed by atoms with van der Waals surface area (Å²) >= 11 is 0. The van der Waals surface area contributed by atoms with E-state index in [0.717, 1.165) is 25.0 Å². The van der Waals surface area contributed by atoms with Crippen LogP contribution in [0.4, 0.5) is 0 Å². The van der Waals surface area contributed by atoms with Gasteiger partial charge in [-0.2, -0.15) is 0 Å². The molecule has 1 aromatic heterocycles. The maximum absolute atomic E-state index is 12.5. The maximum Gasteiger partial charge on any atom is 0.255 e. The van der Waals surface area contributed by atoms with Gasteiger partial charge in [0.25, 0.3) is 5.91 Å². The first kappa shape index (κ1) is 15.7. The Morgan fingerprint density at radius 3 is 2.70 bits per heavy atom. The number of carbonyl (C=O) groups excluding carboxylic acids is 1. The van der Waals surface area contributed by atoms with Crippen molar-refractivity contribution in [3.05, 3.63) is 65.5 Å². The van der Waals surface area contributed by atoms with Crippen molar-refractivity contribution in [1.82, 2.24) is 9.88 Å². The van der Waals surface area contributed by atoms with Crippen LogP contribution in [-0.4, -0.2) is 40.1 Å². The van der Waals surface area contributed by atoms with E-state index in [9.17, 15) is 9.90 Å². The Bertz CT molecular complexity index is 640. The molecule has 1 unspecified atom stereocenters. The minimum Gasteiger partial charge on any atom is -0.393 e. The fourth-order valence-electron chi connectivity index (χ4n) is 2.93. The standard InChI is InChI=1S/C19H22N2O2/c22-18-7-4-11-21(12-10-18)19(23)16-8-9-17(20-14-16)13-15-5-2-1-3-6-15/h1-3,5-6,8-9,14,18,22H,4,7,10-13H2. The van der Waals surface area contributed by atoms with Crippen LogP contribution in [-0.2, 0) is 6.42 Å². The van der Waals surface area contributed by atoms with E-state index in [1.54, 1.807) is 6.20 Å². The van der Waals surface area contributed by atoms with Crippen molar-refractivity contribution in [1.29, 1.82) is 0 Å². The van der Waals surface area contributed by atoms with Crippen LogP contribution in [0.2, 0.25) is 0 Å². The Kier molecular flexibility index (Phi) is 5.03. The Hall–Kier alpha value is -2.20. The van der Waals surface area contributed by atoms with Crippen LogP contribution < -0.4 is 0 Å². The van der Waals surface area contributed by atoms with Crippen molar-refractivity contribution in [2.75, 3.05) is 13.1 Å². The Morgan fingerprint density at radius 1 is 1.13 bits per heavy atom. The van der Waals surface area contributed by atoms with Crippen molar-refractivity contribution < 1.29 is 9.90 Å². The van der Waals surface area contributed by atoms with Crippen LogP contribution >= 0.6 is 0 Å². The lowest BCUT2D eigenvalue weighted by Gasteiger charge is -2.20. The number of benzene rings is 1. The molecule has 0 spiro atoms. The molecule has 0 radical (unpaired) electrons. The van der Waals surface area contributed by atoms with E-state index >= 15 is 0 Å². The van der Waals surface area contributed by atoms with Gasteiger partial charge in [-0.3, -0.25) is 9.78 Å². The summed E-state index contributed by atoms with van der Waals surface area (Å²) in [4.78, 5) is 18.8. The molecule has 4 nitrogen and oxygen atoms in total. The van der Waals surface area contributed by atoms with Gasteiger partial charge in [-0.1, -0.05) is 30.3 Å². The highest BCUT2D eigenvalue weighted by molar-refractivity contribution is 5.93. The highest BCUT2D eigenvalue weighted by Crippen LogP contribution is 2.14. The van der Waals surface area contributed by atoms with Gasteiger partial charge in [0, 0.05) is 31.4 Å². The summed E-state index contributed by atoms with van der Waals surface area (Å²) in [5.74, 6) is 0.0119. The van der Waals surface area contributed by atoms with Gasteiger partial charge in [0.1, 0.15) is 0 Å². The van der Waals surface area contributed by atoms with Gasteiger partial charge in [0.05, 0.1) is 11.7 Å². The molecule has 1 aromatic carbocycles. The van der Waals surface area contributed by atoms with Crippen LogP contribution in [0.15, 0.2) is 48.7 Å². The largest absolute Gasteiger partial charge is 0.393 e. The number of pyridine rings is 1. The third-order valence-electron chi connectivity index (χ3n) is 4.28. The molecule has 4 heteroatoms. The summed E-state index contributed by atoms with van der Waals surface area (Å²) in [5, 5.41) is 9.69. The Labute approximate surface area is 136 Å². The molecule has 1 aliphatic rings. The summed E-state index contributed by atoms with van der Waals surface area (Å²) in [7, 11) is 0. The van der Waals surface area contributed by atoms with Gasteiger partial charge in [-0.25, -0.2) is 0 Å². The number of carbonyl (C=O) groups is 1. The summed E-state index contributed by atoms with van der Waals surface area (Å²) in [6.07, 6.45) is 4.45. The van der Waals surface area contributed by atoms with E-state index in [1.165, 1.54) is 5.56 Å². The van der Waals surface area contributed by atoms with Crippen molar-refractivity contribution in [2.45, 2.75) is 31.8 Å². The van der Waals surface area contributed by atoms with Crippen molar-refractivity contribution in [3.63, 3.8) is 0 Å². The fraction of sp³-hybridized carbons (Fsp3) is 0.368. The molecule has 2 heterocycles. The predicted molar refractivity (Wildman–Crippen MR) is 89.2 cm³/mol. The van der Waals surface area contributed by atoms with Crippen LogP contribution in [0.5, 0.6) is 0 Å². The minimum absolute atomic E-state index is 0.0119. The molecule has 1 atom stereocenters. The van der Waals surface area contributed by atoms with Crippen LogP contribution in [0.1, 0.15) is 40.9 Å². The van der Waals surface area contributed by atoms with Gasteiger partial charge in [0.2, 0.25) is 0 Å². The Morgan fingerprint density at radius 2 is 1.96 bits per heavy atom. The van der Waals surface area contributed by atoms with E-state index < -0.39 is 0 Å². The number of aliphatic hydroxyl groups is 1. The van der Waals surface area contributed by atoms with E-state index in [-0.39, 0.29) is 12.0 Å².